The molecule has 5 heteroatoms. The quantitative estimate of drug-likeness (QED) is 0.754. The molecular weight excluding hydrogens is 200 g/mol. The predicted octanol–water partition coefficient (Wildman–Crippen LogP) is 0.224. The first-order valence-corrected chi connectivity index (χ1v) is 5.82. The SMILES string of the molecule is CC(N)Cc1ccccc1S(N)(=O)=O. The first-order valence-electron chi connectivity index (χ1n) is 4.27. The monoisotopic (exact) mass is 214 g/mol. The minimum atomic E-state index is -3.63. The summed E-state index contributed by atoms with van der Waals surface area (Å²) in [7, 11) is -3.63. The van der Waals surface area contributed by atoms with E-state index in [1.54, 1.807) is 18.2 Å². The molecule has 0 saturated heterocycles. The number of rotatable bonds is 3. The van der Waals surface area contributed by atoms with Crippen molar-refractivity contribution in [3.05, 3.63) is 29.8 Å². The maximum absolute atomic E-state index is 11.2. The fourth-order valence-corrected chi connectivity index (χ4v) is 2.08. The lowest BCUT2D eigenvalue weighted by Crippen LogP contribution is -2.21. The van der Waals surface area contributed by atoms with E-state index >= 15 is 0 Å². The van der Waals surface area contributed by atoms with Crippen LogP contribution in [0.3, 0.4) is 0 Å². The Hall–Kier alpha value is -0.910. The van der Waals surface area contributed by atoms with Gasteiger partial charge >= 0.3 is 0 Å². The van der Waals surface area contributed by atoms with Crippen LogP contribution >= 0.6 is 0 Å². The molecule has 0 bridgehead atoms. The van der Waals surface area contributed by atoms with Gasteiger partial charge in [-0.05, 0) is 25.0 Å². The summed E-state index contributed by atoms with van der Waals surface area (Å²) in [5, 5.41) is 5.06. The van der Waals surface area contributed by atoms with Crippen LogP contribution < -0.4 is 10.9 Å². The summed E-state index contributed by atoms with van der Waals surface area (Å²) in [6, 6.07) is 6.55. The van der Waals surface area contributed by atoms with Gasteiger partial charge in [-0.1, -0.05) is 18.2 Å². The molecule has 78 valence electrons. The number of nitrogens with two attached hydrogens (primary N) is 2. The summed E-state index contributed by atoms with van der Waals surface area (Å²) in [6.07, 6.45) is 0.507. The highest BCUT2D eigenvalue weighted by molar-refractivity contribution is 7.89. The molecule has 1 unspecified atom stereocenters. The normalized spacial score (nSPS) is 13.9. The number of hydrogen-bond acceptors (Lipinski definition) is 3. The fraction of sp³-hybridized carbons (Fsp3) is 0.333. The van der Waals surface area contributed by atoms with Crippen LogP contribution in [0.15, 0.2) is 29.2 Å². The molecule has 1 aromatic rings. The third-order valence-electron chi connectivity index (χ3n) is 1.82. The number of hydrogen-bond donors (Lipinski definition) is 2. The van der Waals surface area contributed by atoms with Gasteiger partial charge in [-0.15, -0.1) is 0 Å². The molecule has 0 amide bonds. The third-order valence-corrected chi connectivity index (χ3v) is 2.83. The van der Waals surface area contributed by atoms with E-state index in [2.05, 4.69) is 0 Å². The van der Waals surface area contributed by atoms with Crippen LogP contribution in [0.5, 0.6) is 0 Å². The molecule has 1 atom stereocenters. The number of primary sulfonamides is 1. The zero-order valence-electron chi connectivity index (χ0n) is 7.97. The van der Waals surface area contributed by atoms with Crippen LogP contribution in [-0.4, -0.2) is 14.5 Å². The second-order valence-corrected chi connectivity index (χ2v) is 4.86. The van der Waals surface area contributed by atoms with Gasteiger partial charge < -0.3 is 5.73 Å². The lowest BCUT2D eigenvalue weighted by molar-refractivity contribution is 0.595. The average molecular weight is 214 g/mol. The Balaban J connectivity index is 3.17. The number of benzene rings is 1. The van der Waals surface area contributed by atoms with E-state index in [1.165, 1.54) is 6.07 Å². The first-order chi connectivity index (χ1) is 6.41. The van der Waals surface area contributed by atoms with E-state index in [1.807, 2.05) is 6.92 Å². The zero-order valence-corrected chi connectivity index (χ0v) is 8.79. The third kappa shape index (κ3) is 2.80. The minimum absolute atomic E-state index is 0.0853. The molecule has 0 aromatic heterocycles. The van der Waals surface area contributed by atoms with E-state index in [9.17, 15) is 8.42 Å². The highest BCUT2D eigenvalue weighted by atomic mass is 32.2. The van der Waals surface area contributed by atoms with Crippen molar-refractivity contribution in [2.24, 2.45) is 10.9 Å². The van der Waals surface area contributed by atoms with Gasteiger partial charge in [-0.25, -0.2) is 13.6 Å². The molecule has 1 rings (SSSR count). The molecule has 0 saturated carbocycles. The lowest BCUT2D eigenvalue weighted by Gasteiger charge is -2.09. The van der Waals surface area contributed by atoms with Crippen molar-refractivity contribution in [1.82, 2.24) is 0 Å². The van der Waals surface area contributed by atoms with Crippen LogP contribution in [0.4, 0.5) is 0 Å². The van der Waals surface area contributed by atoms with Gasteiger partial charge in [0, 0.05) is 6.04 Å². The first kappa shape index (κ1) is 11.2. The molecule has 0 aliphatic rings. The minimum Gasteiger partial charge on any atom is -0.328 e. The molecule has 0 fully saturated rings. The summed E-state index contributed by atoms with van der Waals surface area (Å²) >= 11 is 0. The van der Waals surface area contributed by atoms with Gasteiger partial charge in [-0.3, -0.25) is 0 Å². The van der Waals surface area contributed by atoms with Crippen LogP contribution in [0.1, 0.15) is 12.5 Å². The van der Waals surface area contributed by atoms with Crippen molar-refractivity contribution in [3.8, 4) is 0 Å². The smallest absolute Gasteiger partial charge is 0.238 e. The second kappa shape index (κ2) is 4.08. The largest absolute Gasteiger partial charge is 0.328 e. The molecule has 0 radical (unpaired) electrons. The van der Waals surface area contributed by atoms with Crippen molar-refractivity contribution in [2.45, 2.75) is 24.3 Å². The average Bonchev–Trinajstić information content (AvgIpc) is 2.01. The Bertz CT molecular complexity index is 413. The van der Waals surface area contributed by atoms with Crippen LogP contribution in [0.2, 0.25) is 0 Å². The van der Waals surface area contributed by atoms with E-state index < -0.39 is 10.0 Å². The lowest BCUT2D eigenvalue weighted by atomic mass is 10.1. The second-order valence-electron chi connectivity index (χ2n) is 3.33. The molecule has 1 aromatic carbocycles. The Morgan fingerprint density at radius 3 is 2.43 bits per heavy atom. The summed E-state index contributed by atoms with van der Waals surface area (Å²) in [5.41, 5.74) is 6.27. The van der Waals surface area contributed by atoms with Crippen molar-refractivity contribution < 1.29 is 8.42 Å². The Morgan fingerprint density at radius 1 is 1.36 bits per heavy atom. The standard InChI is InChI=1S/C9H14N2O2S/c1-7(10)6-8-4-2-3-5-9(8)14(11,12)13/h2-5,7H,6,10H2,1H3,(H2,11,12,13). The van der Waals surface area contributed by atoms with Gasteiger partial charge in [0.2, 0.25) is 10.0 Å². The van der Waals surface area contributed by atoms with Gasteiger partial charge in [0.15, 0.2) is 0 Å². The highest BCUT2D eigenvalue weighted by Gasteiger charge is 2.13. The van der Waals surface area contributed by atoms with Gasteiger partial charge in [0.05, 0.1) is 4.90 Å². The van der Waals surface area contributed by atoms with Crippen molar-refractivity contribution in [3.63, 3.8) is 0 Å². The van der Waals surface area contributed by atoms with Crippen molar-refractivity contribution in [2.75, 3.05) is 0 Å². The van der Waals surface area contributed by atoms with E-state index in [0.717, 1.165) is 0 Å². The predicted molar refractivity (Wildman–Crippen MR) is 55.2 cm³/mol. The molecule has 4 nitrogen and oxygen atoms in total. The van der Waals surface area contributed by atoms with Gasteiger partial charge in [-0.2, -0.15) is 0 Å². The Labute approximate surface area is 84.0 Å². The zero-order chi connectivity index (χ0) is 10.8. The molecule has 14 heavy (non-hydrogen) atoms. The molecular formula is C9H14N2O2S. The van der Waals surface area contributed by atoms with Crippen molar-refractivity contribution in [1.29, 1.82) is 0 Å². The Kier molecular flexibility index (Phi) is 3.25. The van der Waals surface area contributed by atoms with Crippen LogP contribution in [0, 0.1) is 0 Å². The molecule has 4 N–H and O–H groups in total. The van der Waals surface area contributed by atoms with E-state index in [4.69, 9.17) is 10.9 Å². The van der Waals surface area contributed by atoms with Crippen LogP contribution in [0.25, 0.3) is 0 Å². The van der Waals surface area contributed by atoms with Crippen LogP contribution in [-0.2, 0) is 16.4 Å². The molecule has 0 spiro atoms. The maximum atomic E-state index is 11.2. The summed E-state index contributed by atoms with van der Waals surface area (Å²) in [6.45, 7) is 1.82. The molecule has 0 heterocycles. The number of sulfonamides is 1. The summed E-state index contributed by atoms with van der Waals surface area (Å²) < 4.78 is 22.3. The van der Waals surface area contributed by atoms with Gasteiger partial charge in [0.25, 0.3) is 0 Å². The summed E-state index contributed by atoms with van der Waals surface area (Å²) in [5.74, 6) is 0. The van der Waals surface area contributed by atoms with Crippen molar-refractivity contribution >= 4 is 10.0 Å². The molecule has 0 aliphatic carbocycles. The van der Waals surface area contributed by atoms with Gasteiger partial charge in [0.1, 0.15) is 0 Å². The summed E-state index contributed by atoms with van der Waals surface area (Å²) in [4.78, 5) is 0.164. The maximum Gasteiger partial charge on any atom is 0.238 e. The fourth-order valence-electron chi connectivity index (χ4n) is 1.30. The topological polar surface area (TPSA) is 86.2 Å². The van der Waals surface area contributed by atoms with E-state index in [0.29, 0.717) is 12.0 Å². The highest BCUT2D eigenvalue weighted by Crippen LogP contribution is 2.14. The molecule has 0 aliphatic heterocycles. The van der Waals surface area contributed by atoms with E-state index in [-0.39, 0.29) is 10.9 Å². The Morgan fingerprint density at radius 2 is 1.93 bits per heavy atom.